The molecule has 8 heteroatoms. The molecule has 0 saturated carbocycles. The van der Waals surface area contributed by atoms with Crippen LogP contribution in [-0.2, 0) is 19.1 Å². The molecule has 2 aromatic rings. The first-order valence-corrected chi connectivity index (χ1v) is 9.84. The number of aryl methyl sites for hydroxylation is 1. The first-order chi connectivity index (χ1) is 14.9. The molecule has 0 aromatic heterocycles. The van der Waals surface area contributed by atoms with Crippen LogP contribution in [-0.4, -0.2) is 62.8 Å². The fourth-order valence-electron chi connectivity index (χ4n) is 3.59. The van der Waals surface area contributed by atoms with E-state index in [1.807, 2.05) is 19.1 Å². The van der Waals surface area contributed by atoms with Gasteiger partial charge >= 0.3 is 0 Å². The number of imide groups is 1. The quantitative estimate of drug-likeness (QED) is 0.476. The van der Waals surface area contributed by atoms with E-state index in [1.165, 1.54) is 26.2 Å². The van der Waals surface area contributed by atoms with Crippen LogP contribution in [0, 0.1) is 6.92 Å². The summed E-state index contributed by atoms with van der Waals surface area (Å²) < 4.78 is 15.7. The smallest absolute Gasteiger partial charge is 0.257 e. The number of benzene rings is 2. The molecule has 164 valence electrons. The van der Waals surface area contributed by atoms with Gasteiger partial charge in [0.05, 0.1) is 25.8 Å². The van der Waals surface area contributed by atoms with Crippen LogP contribution in [0.4, 0.5) is 5.69 Å². The zero-order valence-corrected chi connectivity index (χ0v) is 18.0. The van der Waals surface area contributed by atoms with E-state index in [1.54, 1.807) is 36.4 Å². The highest BCUT2D eigenvalue weighted by Gasteiger charge is 2.45. The van der Waals surface area contributed by atoms with E-state index >= 15 is 0 Å². The Morgan fingerprint density at radius 1 is 1.06 bits per heavy atom. The first-order valence-electron chi connectivity index (χ1n) is 9.84. The van der Waals surface area contributed by atoms with Crippen molar-refractivity contribution in [1.29, 1.82) is 0 Å². The maximum absolute atomic E-state index is 13.4. The average molecular weight is 426 g/mol. The van der Waals surface area contributed by atoms with E-state index in [-0.39, 0.29) is 24.8 Å². The van der Waals surface area contributed by atoms with Gasteiger partial charge < -0.3 is 19.1 Å². The molecular weight excluding hydrogens is 400 g/mol. The lowest BCUT2D eigenvalue weighted by Gasteiger charge is -2.30. The number of rotatable bonds is 8. The molecule has 1 atom stereocenters. The van der Waals surface area contributed by atoms with Crippen molar-refractivity contribution in [3.05, 3.63) is 59.7 Å². The van der Waals surface area contributed by atoms with Crippen LogP contribution in [0.3, 0.4) is 0 Å². The Balaban J connectivity index is 1.94. The normalized spacial score (nSPS) is 16.2. The molecule has 8 nitrogen and oxygen atoms in total. The topological polar surface area (TPSA) is 85.4 Å². The Labute approximate surface area is 181 Å². The Bertz CT molecular complexity index is 955. The molecule has 1 aliphatic rings. The largest absolute Gasteiger partial charge is 0.497 e. The van der Waals surface area contributed by atoms with Gasteiger partial charge in [0.2, 0.25) is 5.91 Å². The molecule has 3 amide bonds. The van der Waals surface area contributed by atoms with Crippen molar-refractivity contribution in [3.63, 3.8) is 0 Å². The molecule has 0 aliphatic carbocycles. The molecule has 0 N–H and O–H groups in total. The van der Waals surface area contributed by atoms with Crippen molar-refractivity contribution in [2.45, 2.75) is 25.7 Å². The van der Waals surface area contributed by atoms with Crippen molar-refractivity contribution in [2.75, 3.05) is 32.8 Å². The van der Waals surface area contributed by atoms with Gasteiger partial charge in [0.1, 0.15) is 11.8 Å². The second-order valence-corrected chi connectivity index (χ2v) is 7.16. The zero-order chi connectivity index (χ0) is 22.5. The number of carbonyl (C=O) groups is 3. The maximum atomic E-state index is 13.4. The second-order valence-electron chi connectivity index (χ2n) is 7.16. The summed E-state index contributed by atoms with van der Waals surface area (Å²) in [4.78, 5) is 42.0. The fourth-order valence-corrected chi connectivity index (χ4v) is 3.59. The summed E-state index contributed by atoms with van der Waals surface area (Å²) >= 11 is 0. The predicted molar refractivity (Wildman–Crippen MR) is 114 cm³/mol. The highest BCUT2D eigenvalue weighted by atomic mass is 16.7. The lowest BCUT2D eigenvalue weighted by Crippen LogP contribution is -2.49. The van der Waals surface area contributed by atoms with Crippen LogP contribution >= 0.6 is 0 Å². The van der Waals surface area contributed by atoms with Crippen molar-refractivity contribution in [3.8, 4) is 5.75 Å². The second kappa shape index (κ2) is 9.72. The van der Waals surface area contributed by atoms with Crippen molar-refractivity contribution in [1.82, 2.24) is 4.90 Å². The molecule has 31 heavy (non-hydrogen) atoms. The highest BCUT2D eigenvalue weighted by molar-refractivity contribution is 6.23. The van der Waals surface area contributed by atoms with E-state index in [0.717, 1.165) is 10.5 Å². The molecule has 1 saturated heterocycles. The third-order valence-electron chi connectivity index (χ3n) is 5.34. The number of methoxy groups -OCH3 is 3. The van der Waals surface area contributed by atoms with E-state index in [0.29, 0.717) is 17.0 Å². The SMILES string of the molecule is COc1ccc(N2C(=O)CC(N(CC(OC)OC)C(=O)c3ccccc3C)C2=O)cc1. The van der Waals surface area contributed by atoms with Gasteiger partial charge in [0.25, 0.3) is 11.8 Å². The summed E-state index contributed by atoms with van der Waals surface area (Å²) in [6.45, 7) is 1.82. The lowest BCUT2D eigenvalue weighted by molar-refractivity contribution is -0.128. The molecular formula is C23H26N2O6. The minimum atomic E-state index is -0.963. The fraction of sp³-hybridized carbons (Fsp3) is 0.348. The van der Waals surface area contributed by atoms with Gasteiger partial charge in [-0.25, -0.2) is 4.90 Å². The Morgan fingerprint density at radius 2 is 1.71 bits per heavy atom. The number of nitrogens with zero attached hydrogens (tertiary/aromatic N) is 2. The van der Waals surface area contributed by atoms with Gasteiger partial charge in [0.15, 0.2) is 6.29 Å². The summed E-state index contributed by atoms with van der Waals surface area (Å²) in [6, 6.07) is 12.8. The summed E-state index contributed by atoms with van der Waals surface area (Å²) in [6.07, 6.45) is -0.867. The number of amides is 3. The van der Waals surface area contributed by atoms with Crippen LogP contribution in [0.25, 0.3) is 0 Å². The Kier molecular flexibility index (Phi) is 7.04. The number of carbonyl (C=O) groups excluding carboxylic acids is 3. The van der Waals surface area contributed by atoms with Gasteiger partial charge in [-0.05, 0) is 42.8 Å². The summed E-state index contributed by atoms with van der Waals surface area (Å²) in [5.74, 6) is -0.601. The monoisotopic (exact) mass is 426 g/mol. The molecule has 1 fully saturated rings. The Morgan fingerprint density at radius 3 is 2.29 bits per heavy atom. The molecule has 1 heterocycles. The van der Waals surface area contributed by atoms with Gasteiger partial charge in [-0.3, -0.25) is 14.4 Å². The standard InChI is InChI=1S/C23H26N2O6/c1-15-7-5-6-8-18(15)22(27)24(14-21(30-3)31-4)19-13-20(26)25(23(19)28)16-9-11-17(29-2)12-10-16/h5-12,19,21H,13-14H2,1-4H3. The number of hydrogen-bond donors (Lipinski definition) is 0. The van der Waals surface area contributed by atoms with Gasteiger partial charge in [-0.15, -0.1) is 0 Å². The molecule has 1 unspecified atom stereocenters. The molecule has 0 bridgehead atoms. The summed E-state index contributed by atoms with van der Waals surface area (Å²) in [5, 5.41) is 0. The van der Waals surface area contributed by atoms with Crippen LogP contribution in [0.15, 0.2) is 48.5 Å². The average Bonchev–Trinajstić information content (AvgIpc) is 3.08. The minimum absolute atomic E-state index is 0.000304. The van der Waals surface area contributed by atoms with Crippen molar-refractivity contribution in [2.24, 2.45) is 0 Å². The maximum Gasteiger partial charge on any atom is 0.257 e. The molecule has 0 spiro atoms. The molecule has 3 rings (SSSR count). The van der Waals surface area contributed by atoms with E-state index in [9.17, 15) is 14.4 Å². The van der Waals surface area contributed by atoms with E-state index in [2.05, 4.69) is 0 Å². The van der Waals surface area contributed by atoms with Crippen molar-refractivity contribution < 1.29 is 28.6 Å². The highest BCUT2D eigenvalue weighted by Crippen LogP contribution is 2.28. The van der Waals surface area contributed by atoms with Gasteiger partial charge in [0, 0.05) is 19.8 Å². The van der Waals surface area contributed by atoms with Gasteiger partial charge in [-0.2, -0.15) is 0 Å². The van der Waals surface area contributed by atoms with Crippen LogP contribution in [0.1, 0.15) is 22.3 Å². The first kappa shape index (κ1) is 22.5. The minimum Gasteiger partial charge on any atom is -0.497 e. The van der Waals surface area contributed by atoms with Crippen LogP contribution in [0.2, 0.25) is 0 Å². The zero-order valence-electron chi connectivity index (χ0n) is 18.0. The third-order valence-corrected chi connectivity index (χ3v) is 5.34. The number of ether oxygens (including phenoxy) is 3. The third kappa shape index (κ3) is 4.60. The Hall–Kier alpha value is -3.23. The number of anilines is 1. The van der Waals surface area contributed by atoms with Crippen molar-refractivity contribution >= 4 is 23.4 Å². The van der Waals surface area contributed by atoms with E-state index < -0.39 is 18.2 Å². The number of hydrogen-bond acceptors (Lipinski definition) is 6. The van der Waals surface area contributed by atoms with E-state index in [4.69, 9.17) is 14.2 Å². The lowest BCUT2D eigenvalue weighted by atomic mass is 10.1. The molecule has 0 radical (unpaired) electrons. The molecule has 2 aromatic carbocycles. The summed E-state index contributed by atoms with van der Waals surface area (Å²) in [5.41, 5.74) is 1.65. The summed E-state index contributed by atoms with van der Waals surface area (Å²) in [7, 11) is 4.44. The molecule has 1 aliphatic heterocycles. The van der Waals surface area contributed by atoms with Crippen LogP contribution in [0.5, 0.6) is 5.75 Å². The van der Waals surface area contributed by atoms with Gasteiger partial charge in [-0.1, -0.05) is 18.2 Å². The predicted octanol–water partition coefficient (Wildman–Crippen LogP) is 2.40. The van der Waals surface area contributed by atoms with Crippen LogP contribution < -0.4 is 9.64 Å².